The van der Waals surface area contributed by atoms with Crippen molar-refractivity contribution in [2.75, 3.05) is 6.61 Å². The number of aryl methyl sites for hydroxylation is 1. The van der Waals surface area contributed by atoms with Gasteiger partial charge >= 0.3 is 5.97 Å². The van der Waals surface area contributed by atoms with Crippen molar-refractivity contribution in [3.63, 3.8) is 0 Å². The molecule has 0 spiro atoms. The van der Waals surface area contributed by atoms with Crippen LogP contribution in [0.25, 0.3) is 10.2 Å². The Morgan fingerprint density at radius 2 is 2.35 bits per heavy atom. The number of carbonyl (C=O) groups excluding carboxylic acids is 1. The molecule has 17 heavy (non-hydrogen) atoms. The van der Waals surface area contributed by atoms with Gasteiger partial charge in [0.25, 0.3) is 0 Å². The minimum atomic E-state index is -0.302. The van der Waals surface area contributed by atoms with E-state index in [1.165, 1.54) is 11.3 Å². The number of hydrogen-bond donors (Lipinski definition) is 0. The van der Waals surface area contributed by atoms with Crippen LogP contribution in [0.1, 0.15) is 28.6 Å². The van der Waals surface area contributed by atoms with E-state index < -0.39 is 0 Å². The van der Waals surface area contributed by atoms with Crippen molar-refractivity contribution in [3.05, 3.63) is 21.9 Å². The van der Waals surface area contributed by atoms with Crippen LogP contribution >= 0.6 is 22.9 Å². The van der Waals surface area contributed by atoms with E-state index in [1.54, 1.807) is 6.20 Å². The van der Waals surface area contributed by atoms with Gasteiger partial charge in [0.2, 0.25) is 5.28 Å². The topological polar surface area (TPSA) is 52.1 Å². The highest BCUT2D eigenvalue weighted by Gasteiger charge is 2.17. The van der Waals surface area contributed by atoms with Crippen LogP contribution in [-0.2, 0) is 4.74 Å². The molecule has 0 aliphatic heterocycles. The molecular formula is C11H11ClN2O2S. The van der Waals surface area contributed by atoms with Crippen molar-refractivity contribution in [2.24, 2.45) is 0 Å². The number of esters is 1. The molecule has 6 heteroatoms. The van der Waals surface area contributed by atoms with Crippen molar-refractivity contribution in [3.8, 4) is 0 Å². The molecule has 0 atom stereocenters. The standard InChI is InChI=1S/C11H11ClN2O2S/c1-3-4-16-10(15)8-6(2)7-5-13-11(12)14-9(7)17-8/h5H,3-4H2,1-2H3. The average Bonchev–Trinajstić information content (AvgIpc) is 2.63. The molecule has 90 valence electrons. The number of aromatic nitrogens is 2. The monoisotopic (exact) mass is 270 g/mol. The van der Waals surface area contributed by atoms with E-state index in [-0.39, 0.29) is 11.3 Å². The normalized spacial score (nSPS) is 10.8. The number of hydrogen-bond acceptors (Lipinski definition) is 5. The van der Waals surface area contributed by atoms with Crippen LogP contribution in [-0.4, -0.2) is 22.5 Å². The lowest BCUT2D eigenvalue weighted by Gasteiger charge is -2.00. The maximum Gasteiger partial charge on any atom is 0.348 e. The van der Waals surface area contributed by atoms with Gasteiger partial charge in [0, 0.05) is 11.6 Å². The molecule has 0 fully saturated rings. The van der Waals surface area contributed by atoms with Gasteiger partial charge < -0.3 is 4.74 Å². The zero-order chi connectivity index (χ0) is 12.4. The molecule has 0 amide bonds. The van der Waals surface area contributed by atoms with Gasteiger partial charge in [-0.15, -0.1) is 11.3 Å². The molecule has 2 heterocycles. The quantitative estimate of drug-likeness (QED) is 0.635. The first-order valence-corrected chi connectivity index (χ1v) is 6.41. The molecule has 0 aliphatic carbocycles. The summed E-state index contributed by atoms with van der Waals surface area (Å²) in [4.78, 5) is 21.1. The number of fused-ring (bicyclic) bond motifs is 1. The van der Waals surface area contributed by atoms with Crippen LogP contribution < -0.4 is 0 Å². The SMILES string of the molecule is CCCOC(=O)c1sc2nc(Cl)ncc2c1C. The van der Waals surface area contributed by atoms with Gasteiger partial charge in [-0.25, -0.2) is 14.8 Å². The largest absolute Gasteiger partial charge is 0.462 e. The lowest BCUT2D eigenvalue weighted by molar-refractivity contribution is 0.0510. The minimum absolute atomic E-state index is 0.187. The van der Waals surface area contributed by atoms with E-state index in [0.29, 0.717) is 16.3 Å². The van der Waals surface area contributed by atoms with Crippen LogP contribution in [0.2, 0.25) is 5.28 Å². The molecule has 0 radical (unpaired) electrons. The lowest BCUT2D eigenvalue weighted by Crippen LogP contribution is -2.04. The fourth-order valence-corrected chi connectivity index (χ4v) is 2.66. The van der Waals surface area contributed by atoms with Crippen LogP contribution in [0.3, 0.4) is 0 Å². The fraction of sp³-hybridized carbons (Fsp3) is 0.364. The molecule has 0 unspecified atom stereocenters. The third kappa shape index (κ3) is 2.40. The second-order valence-electron chi connectivity index (χ2n) is 3.55. The zero-order valence-corrected chi connectivity index (χ0v) is 11.1. The summed E-state index contributed by atoms with van der Waals surface area (Å²) in [6, 6.07) is 0. The van der Waals surface area contributed by atoms with Gasteiger partial charge in [0.15, 0.2) is 0 Å². The van der Waals surface area contributed by atoms with Crippen molar-refractivity contribution < 1.29 is 9.53 Å². The molecule has 0 saturated carbocycles. The Hall–Kier alpha value is -1.20. The number of carbonyl (C=O) groups is 1. The third-order valence-electron chi connectivity index (χ3n) is 2.29. The minimum Gasteiger partial charge on any atom is -0.462 e. The Kier molecular flexibility index (Phi) is 3.59. The highest BCUT2D eigenvalue weighted by molar-refractivity contribution is 7.20. The lowest BCUT2D eigenvalue weighted by atomic mass is 10.2. The van der Waals surface area contributed by atoms with Crippen LogP contribution in [0.4, 0.5) is 0 Å². The second-order valence-corrected chi connectivity index (χ2v) is 4.89. The number of rotatable bonds is 3. The molecular weight excluding hydrogens is 260 g/mol. The van der Waals surface area contributed by atoms with Gasteiger partial charge in [-0.2, -0.15) is 0 Å². The van der Waals surface area contributed by atoms with Crippen LogP contribution in [0.5, 0.6) is 0 Å². The molecule has 2 rings (SSSR count). The highest BCUT2D eigenvalue weighted by Crippen LogP contribution is 2.30. The Morgan fingerprint density at radius 3 is 3.06 bits per heavy atom. The van der Waals surface area contributed by atoms with E-state index in [2.05, 4.69) is 9.97 Å². The molecule has 0 N–H and O–H groups in total. The van der Waals surface area contributed by atoms with Crippen LogP contribution in [0.15, 0.2) is 6.20 Å². The average molecular weight is 271 g/mol. The smallest absolute Gasteiger partial charge is 0.348 e. The van der Waals surface area contributed by atoms with E-state index in [4.69, 9.17) is 16.3 Å². The molecule has 0 aromatic carbocycles. The van der Waals surface area contributed by atoms with Crippen molar-refractivity contribution >= 4 is 39.1 Å². The van der Waals surface area contributed by atoms with E-state index in [0.717, 1.165) is 17.4 Å². The predicted octanol–water partition coefficient (Wildman–Crippen LogP) is 3.22. The van der Waals surface area contributed by atoms with Gasteiger partial charge in [0.1, 0.15) is 9.71 Å². The number of thiophene rings is 1. The number of nitrogens with zero attached hydrogens (tertiary/aromatic N) is 2. The van der Waals surface area contributed by atoms with E-state index in [9.17, 15) is 4.79 Å². The molecule has 2 aromatic rings. The van der Waals surface area contributed by atoms with Crippen molar-refractivity contribution in [2.45, 2.75) is 20.3 Å². The summed E-state index contributed by atoms with van der Waals surface area (Å²) in [5.74, 6) is -0.302. The Balaban J connectivity index is 2.41. The van der Waals surface area contributed by atoms with Gasteiger partial charge in [-0.1, -0.05) is 6.92 Å². The second kappa shape index (κ2) is 4.98. The first-order valence-electron chi connectivity index (χ1n) is 5.22. The zero-order valence-electron chi connectivity index (χ0n) is 9.49. The molecule has 0 aliphatic rings. The third-order valence-corrected chi connectivity index (χ3v) is 3.65. The summed E-state index contributed by atoms with van der Waals surface area (Å²) in [6.45, 7) is 4.24. The van der Waals surface area contributed by atoms with E-state index in [1.807, 2.05) is 13.8 Å². The maximum absolute atomic E-state index is 11.8. The van der Waals surface area contributed by atoms with Crippen LogP contribution in [0, 0.1) is 6.92 Å². The highest BCUT2D eigenvalue weighted by atomic mass is 35.5. The Morgan fingerprint density at radius 1 is 1.59 bits per heavy atom. The van der Waals surface area contributed by atoms with Gasteiger partial charge in [-0.05, 0) is 30.5 Å². The first kappa shape index (κ1) is 12.3. The predicted molar refractivity (Wildman–Crippen MR) is 67.7 cm³/mol. The van der Waals surface area contributed by atoms with Gasteiger partial charge in [0.05, 0.1) is 6.61 Å². The molecule has 0 saturated heterocycles. The van der Waals surface area contributed by atoms with Crippen molar-refractivity contribution in [1.29, 1.82) is 0 Å². The summed E-state index contributed by atoms with van der Waals surface area (Å²) in [5, 5.41) is 1.04. The Labute approximate surface area is 108 Å². The maximum atomic E-state index is 11.8. The summed E-state index contributed by atoms with van der Waals surface area (Å²) < 4.78 is 5.11. The number of halogens is 1. The Bertz CT molecular complexity index is 568. The first-order chi connectivity index (χ1) is 8.13. The molecule has 4 nitrogen and oxygen atoms in total. The fourth-order valence-electron chi connectivity index (χ4n) is 1.43. The van der Waals surface area contributed by atoms with E-state index >= 15 is 0 Å². The molecule has 2 aromatic heterocycles. The van der Waals surface area contributed by atoms with Crippen molar-refractivity contribution in [1.82, 2.24) is 9.97 Å². The summed E-state index contributed by atoms with van der Waals surface area (Å²) in [6.07, 6.45) is 2.44. The summed E-state index contributed by atoms with van der Waals surface area (Å²) in [7, 11) is 0. The summed E-state index contributed by atoms with van der Waals surface area (Å²) in [5.41, 5.74) is 0.850. The summed E-state index contributed by atoms with van der Waals surface area (Å²) >= 11 is 7.00. The number of ether oxygens (including phenoxy) is 1. The van der Waals surface area contributed by atoms with Gasteiger partial charge in [-0.3, -0.25) is 0 Å². The molecule has 0 bridgehead atoms.